The Morgan fingerprint density at radius 2 is 1.50 bits per heavy atom. The Bertz CT molecular complexity index is 1280. The van der Waals surface area contributed by atoms with Gasteiger partial charge in [-0.25, -0.2) is 9.18 Å². The van der Waals surface area contributed by atoms with E-state index >= 15 is 0 Å². The van der Waals surface area contributed by atoms with E-state index in [1.165, 1.54) is 28.3 Å². The van der Waals surface area contributed by atoms with E-state index in [2.05, 4.69) is 24.3 Å². The zero-order chi connectivity index (χ0) is 24.8. The number of hydrogen-bond donors (Lipinski definition) is 0. The Morgan fingerprint density at radius 3 is 2.14 bits per heavy atom. The van der Waals surface area contributed by atoms with E-state index in [0.717, 1.165) is 19.3 Å². The standard InChI is InChI=1S/C31H30FNO3/c1-19-23(14-7-15-29(19)32)30(34)20-16-21-8-6-9-22(17-20)33(21)31(35)36-18-28-26-12-4-2-10-24(26)25-11-3-5-13-27(25)28/h2-5,7,10-15,20-22,28H,6,8-9,16-18H2,1H3. The summed E-state index contributed by atoms with van der Waals surface area (Å²) < 4.78 is 20.1. The summed E-state index contributed by atoms with van der Waals surface area (Å²) in [4.78, 5) is 28.6. The summed E-state index contributed by atoms with van der Waals surface area (Å²) in [7, 11) is 0. The molecule has 2 heterocycles. The maximum Gasteiger partial charge on any atom is 0.410 e. The van der Waals surface area contributed by atoms with Crippen LogP contribution in [0.2, 0.25) is 0 Å². The van der Waals surface area contributed by atoms with E-state index in [1.54, 1.807) is 19.1 Å². The molecule has 0 radical (unpaired) electrons. The SMILES string of the molecule is Cc1c(F)cccc1C(=O)C1CC2CCCC(C1)N2C(=O)OCC1c2ccccc2-c2ccccc21. The minimum atomic E-state index is -0.350. The molecular formula is C31H30FNO3. The highest BCUT2D eigenvalue weighted by Gasteiger charge is 2.44. The van der Waals surface area contributed by atoms with Gasteiger partial charge in [0.15, 0.2) is 5.78 Å². The number of amides is 1. The first-order valence-corrected chi connectivity index (χ1v) is 13.0. The Balaban J connectivity index is 1.17. The number of piperidine rings is 2. The summed E-state index contributed by atoms with van der Waals surface area (Å²) in [6.07, 6.45) is 3.71. The molecule has 2 saturated heterocycles. The molecule has 6 rings (SSSR count). The lowest BCUT2D eigenvalue weighted by Gasteiger charge is -2.47. The molecule has 2 aliphatic heterocycles. The number of ether oxygens (including phenoxy) is 1. The summed E-state index contributed by atoms with van der Waals surface area (Å²) in [5.74, 6) is -0.525. The van der Waals surface area contributed by atoms with Crippen molar-refractivity contribution < 1.29 is 18.7 Å². The lowest BCUT2D eigenvalue weighted by atomic mass is 9.75. The van der Waals surface area contributed by atoms with Crippen LogP contribution in [0.3, 0.4) is 0 Å². The fourth-order valence-corrected chi connectivity index (χ4v) is 6.66. The van der Waals surface area contributed by atoms with Gasteiger partial charge in [0.2, 0.25) is 0 Å². The van der Waals surface area contributed by atoms with Crippen molar-refractivity contribution in [3.63, 3.8) is 0 Å². The first-order valence-electron chi connectivity index (χ1n) is 13.0. The average Bonchev–Trinajstić information content (AvgIpc) is 3.21. The number of carbonyl (C=O) groups excluding carboxylic acids is 2. The third-order valence-corrected chi connectivity index (χ3v) is 8.43. The van der Waals surface area contributed by atoms with Crippen LogP contribution in [0.5, 0.6) is 0 Å². The predicted molar refractivity (Wildman–Crippen MR) is 137 cm³/mol. The normalized spacial score (nSPS) is 22.6. The lowest BCUT2D eigenvalue weighted by Crippen LogP contribution is -2.56. The highest BCUT2D eigenvalue weighted by molar-refractivity contribution is 5.99. The number of carbonyl (C=O) groups is 2. The van der Waals surface area contributed by atoms with Crippen LogP contribution in [0.25, 0.3) is 11.1 Å². The molecule has 1 amide bonds. The van der Waals surface area contributed by atoms with Crippen molar-refractivity contribution in [1.82, 2.24) is 4.90 Å². The molecule has 5 heteroatoms. The van der Waals surface area contributed by atoms with Gasteiger partial charge in [0.05, 0.1) is 0 Å². The smallest absolute Gasteiger partial charge is 0.410 e. The maximum atomic E-state index is 14.1. The highest BCUT2D eigenvalue weighted by atomic mass is 19.1. The highest BCUT2D eigenvalue weighted by Crippen LogP contribution is 2.45. The van der Waals surface area contributed by atoms with Crippen LogP contribution in [-0.2, 0) is 4.74 Å². The second kappa shape index (κ2) is 9.20. The third-order valence-electron chi connectivity index (χ3n) is 8.43. The van der Waals surface area contributed by atoms with Gasteiger partial charge >= 0.3 is 6.09 Å². The molecule has 0 saturated carbocycles. The second-order valence-electron chi connectivity index (χ2n) is 10.4. The molecule has 2 fully saturated rings. The minimum absolute atomic E-state index is 0.00362. The topological polar surface area (TPSA) is 46.6 Å². The molecule has 184 valence electrons. The van der Waals surface area contributed by atoms with Gasteiger partial charge in [0.25, 0.3) is 0 Å². The quantitative estimate of drug-likeness (QED) is 0.379. The Labute approximate surface area is 211 Å². The van der Waals surface area contributed by atoms with Gasteiger partial charge in [-0.15, -0.1) is 0 Å². The maximum absolute atomic E-state index is 14.1. The molecule has 2 bridgehead atoms. The molecule has 0 N–H and O–H groups in total. The second-order valence-corrected chi connectivity index (χ2v) is 10.4. The van der Waals surface area contributed by atoms with Crippen LogP contribution in [0.15, 0.2) is 66.7 Å². The van der Waals surface area contributed by atoms with Gasteiger partial charge in [-0.2, -0.15) is 0 Å². The summed E-state index contributed by atoms with van der Waals surface area (Å²) in [6.45, 7) is 1.96. The van der Waals surface area contributed by atoms with Crippen molar-refractivity contribution in [2.24, 2.45) is 5.92 Å². The zero-order valence-corrected chi connectivity index (χ0v) is 20.5. The summed E-state index contributed by atoms with van der Waals surface area (Å²) in [6, 6.07) is 21.3. The largest absolute Gasteiger partial charge is 0.448 e. The summed E-state index contributed by atoms with van der Waals surface area (Å²) in [5.41, 5.74) is 5.68. The van der Waals surface area contributed by atoms with Crippen LogP contribution >= 0.6 is 0 Å². The fourth-order valence-electron chi connectivity index (χ4n) is 6.66. The van der Waals surface area contributed by atoms with E-state index in [1.807, 2.05) is 29.2 Å². The molecule has 36 heavy (non-hydrogen) atoms. The van der Waals surface area contributed by atoms with Crippen molar-refractivity contribution >= 4 is 11.9 Å². The Morgan fingerprint density at radius 1 is 0.889 bits per heavy atom. The monoisotopic (exact) mass is 483 g/mol. The van der Waals surface area contributed by atoms with Crippen LogP contribution in [0.1, 0.15) is 65.1 Å². The number of nitrogens with zero attached hydrogens (tertiary/aromatic N) is 1. The van der Waals surface area contributed by atoms with Gasteiger partial charge in [0.1, 0.15) is 12.4 Å². The van der Waals surface area contributed by atoms with E-state index in [-0.39, 0.29) is 41.6 Å². The van der Waals surface area contributed by atoms with E-state index < -0.39 is 0 Å². The Hall–Kier alpha value is -3.47. The number of ketones is 1. The number of rotatable bonds is 4. The lowest BCUT2D eigenvalue weighted by molar-refractivity contribution is 0.00649. The zero-order valence-electron chi connectivity index (χ0n) is 20.5. The molecular weight excluding hydrogens is 453 g/mol. The van der Waals surface area contributed by atoms with E-state index in [9.17, 15) is 14.0 Å². The van der Waals surface area contributed by atoms with Crippen molar-refractivity contribution in [1.29, 1.82) is 0 Å². The van der Waals surface area contributed by atoms with E-state index in [4.69, 9.17) is 4.74 Å². The van der Waals surface area contributed by atoms with Crippen molar-refractivity contribution in [3.8, 4) is 11.1 Å². The van der Waals surface area contributed by atoms with Crippen LogP contribution in [-0.4, -0.2) is 35.5 Å². The van der Waals surface area contributed by atoms with E-state index in [0.29, 0.717) is 30.6 Å². The van der Waals surface area contributed by atoms with Crippen molar-refractivity contribution in [2.45, 2.75) is 57.0 Å². The van der Waals surface area contributed by atoms with Gasteiger partial charge < -0.3 is 9.64 Å². The molecule has 2 atom stereocenters. The minimum Gasteiger partial charge on any atom is -0.448 e. The summed E-state index contributed by atoms with van der Waals surface area (Å²) >= 11 is 0. The van der Waals surface area contributed by atoms with Gasteiger partial charge in [-0.3, -0.25) is 4.79 Å². The molecule has 3 aromatic carbocycles. The number of Topliss-reactive ketones (excluding diaryl/α,β-unsaturated/α-hetero) is 1. The first kappa shape index (κ1) is 23.0. The first-order chi connectivity index (χ1) is 17.5. The van der Waals surface area contributed by atoms with Gasteiger partial charge in [-0.1, -0.05) is 60.7 Å². The molecule has 4 nitrogen and oxygen atoms in total. The molecule has 3 aliphatic rings. The van der Waals surface area contributed by atoms with Crippen molar-refractivity contribution in [3.05, 3.63) is 94.8 Å². The van der Waals surface area contributed by atoms with Gasteiger partial charge in [0, 0.05) is 29.5 Å². The predicted octanol–water partition coefficient (Wildman–Crippen LogP) is 6.90. The molecule has 0 aromatic heterocycles. The fraction of sp³-hybridized carbons (Fsp3) is 0.355. The average molecular weight is 484 g/mol. The number of hydrogen-bond acceptors (Lipinski definition) is 3. The van der Waals surface area contributed by atoms with Crippen LogP contribution in [0, 0.1) is 18.7 Å². The number of halogens is 1. The van der Waals surface area contributed by atoms with Gasteiger partial charge in [-0.05, 0) is 72.9 Å². The number of fused-ring (bicyclic) bond motifs is 5. The molecule has 3 aromatic rings. The molecule has 0 spiro atoms. The molecule has 1 aliphatic carbocycles. The van der Waals surface area contributed by atoms with Crippen molar-refractivity contribution in [2.75, 3.05) is 6.61 Å². The van der Waals surface area contributed by atoms with Crippen LogP contribution < -0.4 is 0 Å². The third kappa shape index (κ3) is 3.82. The Kier molecular flexibility index (Phi) is 5.87. The number of benzene rings is 3. The summed E-state index contributed by atoms with van der Waals surface area (Å²) in [5, 5.41) is 0. The van der Waals surface area contributed by atoms with Crippen LogP contribution in [0.4, 0.5) is 9.18 Å². The molecule has 2 unspecified atom stereocenters.